The van der Waals surface area contributed by atoms with Crippen LogP contribution in [-0.2, 0) is 6.54 Å². The third-order valence-electron chi connectivity index (χ3n) is 4.16. The highest BCUT2D eigenvalue weighted by atomic mass is 127. The summed E-state index contributed by atoms with van der Waals surface area (Å²) in [5, 5.41) is 4.75. The Morgan fingerprint density at radius 2 is 1.83 bits per heavy atom. The smallest absolute Gasteiger partial charge is 0.291 e. The van der Waals surface area contributed by atoms with Crippen LogP contribution >= 0.6 is 0 Å². The van der Waals surface area contributed by atoms with Crippen LogP contribution in [0.4, 0.5) is 5.95 Å². The Hall–Kier alpha value is -1.24. The standard InChI is InChI=1S/C18H25N4.HI/c1-2-3-14-22-15-17(16-10-6-4-7-11-16)19-18(20-22)21-12-8-5-9-13-21;/h4,6-7,10-11,15H,2-3,5,8-9,12-14H2,1H3;1H/q+1;/p-1. The van der Waals surface area contributed by atoms with E-state index in [4.69, 9.17) is 10.1 Å². The van der Waals surface area contributed by atoms with Crippen LogP contribution in [0.2, 0.25) is 0 Å². The maximum absolute atomic E-state index is 4.83. The molecule has 1 aromatic heterocycles. The average Bonchev–Trinajstić information content (AvgIpc) is 2.61. The maximum atomic E-state index is 4.83. The van der Waals surface area contributed by atoms with E-state index in [2.05, 4.69) is 47.0 Å². The van der Waals surface area contributed by atoms with Crippen LogP contribution in [0.15, 0.2) is 36.5 Å². The summed E-state index contributed by atoms with van der Waals surface area (Å²) in [6.07, 6.45) is 8.22. The summed E-state index contributed by atoms with van der Waals surface area (Å²) in [7, 11) is 0. The fraction of sp³-hybridized carbons (Fsp3) is 0.500. The number of hydrogen-bond donors (Lipinski definition) is 0. The van der Waals surface area contributed by atoms with Gasteiger partial charge in [-0.3, -0.25) is 0 Å². The molecular weight excluding hydrogens is 399 g/mol. The van der Waals surface area contributed by atoms with Gasteiger partial charge in [-0.15, -0.1) is 0 Å². The second-order valence-electron chi connectivity index (χ2n) is 5.96. The number of unbranched alkanes of at least 4 members (excludes halogenated alkanes) is 1. The van der Waals surface area contributed by atoms with Gasteiger partial charge in [-0.1, -0.05) is 48.4 Å². The fourth-order valence-corrected chi connectivity index (χ4v) is 2.85. The summed E-state index contributed by atoms with van der Waals surface area (Å²) >= 11 is 0. The SMILES string of the molecule is CCCC[n+]1cc(-c2ccccc2)nc(N2CCCCC2)n1.[I-]. The molecule has 1 aromatic carbocycles. The highest BCUT2D eigenvalue weighted by molar-refractivity contribution is 5.58. The molecule has 0 unspecified atom stereocenters. The molecule has 1 saturated heterocycles. The molecule has 2 aromatic rings. The lowest BCUT2D eigenvalue weighted by Gasteiger charge is -2.25. The van der Waals surface area contributed by atoms with Gasteiger partial charge in [0.15, 0.2) is 6.54 Å². The molecule has 2 heterocycles. The van der Waals surface area contributed by atoms with Gasteiger partial charge < -0.3 is 28.9 Å². The number of rotatable bonds is 5. The zero-order valence-electron chi connectivity index (χ0n) is 13.8. The lowest BCUT2D eigenvalue weighted by atomic mass is 10.1. The zero-order chi connectivity index (χ0) is 15.2. The number of anilines is 1. The molecule has 0 atom stereocenters. The first kappa shape index (κ1) is 18.1. The number of aryl methyl sites for hydroxylation is 1. The van der Waals surface area contributed by atoms with E-state index in [-0.39, 0.29) is 24.0 Å². The van der Waals surface area contributed by atoms with Crippen LogP contribution in [0.25, 0.3) is 11.3 Å². The van der Waals surface area contributed by atoms with Crippen LogP contribution in [0.5, 0.6) is 0 Å². The third kappa shape index (κ3) is 4.86. The molecular formula is C18H25IN4. The Bertz CT molecular complexity index is 597. The van der Waals surface area contributed by atoms with Gasteiger partial charge in [-0.25, -0.2) is 4.98 Å². The van der Waals surface area contributed by atoms with E-state index in [1.807, 2.05) is 6.07 Å². The van der Waals surface area contributed by atoms with Gasteiger partial charge in [0.1, 0.15) is 5.69 Å². The van der Waals surface area contributed by atoms with Crippen molar-refractivity contribution in [3.8, 4) is 11.3 Å². The number of aromatic nitrogens is 3. The van der Waals surface area contributed by atoms with E-state index in [1.54, 1.807) is 0 Å². The Balaban J connectivity index is 0.00000192. The van der Waals surface area contributed by atoms with Crippen molar-refractivity contribution in [2.24, 2.45) is 0 Å². The molecule has 1 aliphatic rings. The Kier molecular flexibility index (Phi) is 7.20. The predicted octanol–water partition coefficient (Wildman–Crippen LogP) is 0.226. The fourth-order valence-electron chi connectivity index (χ4n) is 2.85. The molecule has 5 heteroatoms. The lowest BCUT2D eigenvalue weighted by molar-refractivity contribution is -0.753. The predicted molar refractivity (Wildman–Crippen MR) is 88.6 cm³/mol. The third-order valence-corrected chi connectivity index (χ3v) is 4.16. The van der Waals surface area contributed by atoms with Crippen LogP contribution in [-0.4, -0.2) is 23.2 Å². The van der Waals surface area contributed by atoms with Crippen molar-refractivity contribution >= 4 is 5.95 Å². The Morgan fingerprint density at radius 3 is 2.52 bits per heavy atom. The lowest BCUT2D eigenvalue weighted by Crippen LogP contribution is -3.00. The van der Waals surface area contributed by atoms with Crippen LogP contribution in [0, 0.1) is 0 Å². The highest BCUT2D eigenvalue weighted by Crippen LogP contribution is 2.19. The van der Waals surface area contributed by atoms with E-state index in [9.17, 15) is 0 Å². The molecule has 124 valence electrons. The molecule has 23 heavy (non-hydrogen) atoms. The van der Waals surface area contributed by atoms with Crippen molar-refractivity contribution < 1.29 is 28.7 Å². The van der Waals surface area contributed by atoms with Gasteiger partial charge in [0, 0.05) is 30.2 Å². The van der Waals surface area contributed by atoms with Gasteiger partial charge in [-0.2, -0.15) is 0 Å². The number of benzene rings is 1. The molecule has 0 aliphatic carbocycles. The van der Waals surface area contributed by atoms with Crippen molar-refractivity contribution in [1.29, 1.82) is 0 Å². The first-order valence-electron chi connectivity index (χ1n) is 8.46. The molecule has 0 radical (unpaired) electrons. The average molecular weight is 424 g/mol. The van der Waals surface area contributed by atoms with E-state index >= 15 is 0 Å². The van der Waals surface area contributed by atoms with Gasteiger partial charge in [-0.05, 0) is 19.3 Å². The van der Waals surface area contributed by atoms with Crippen LogP contribution in [0.3, 0.4) is 0 Å². The van der Waals surface area contributed by atoms with Gasteiger partial charge >= 0.3 is 0 Å². The van der Waals surface area contributed by atoms with E-state index in [0.29, 0.717) is 0 Å². The minimum Gasteiger partial charge on any atom is -1.00 e. The number of hydrogen-bond acceptors (Lipinski definition) is 3. The minimum absolute atomic E-state index is 0. The Labute approximate surface area is 156 Å². The zero-order valence-corrected chi connectivity index (χ0v) is 15.9. The first-order chi connectivity index (χ1) is 10.9. The largest absolute Gasteiger partial charge is 1.00 e. The second kappa shape index (κ2) is 9.15. The van der Waals surface area contributed by atoms with E-state index < -0.39 is 0 Å². The molecule has 1 aliphatic heterocycles. The molecule has 0 amide bonds. The van der Waals surface area contributed by atoms with Crippen molar-refractivity contribution in [3.05, 3.63) is 36.5 Å². The monoisotopic (exact) mass is 424 g/mol. The molecule has 1 fully saturated rings. The Morgan fingerprint density at radius 1 is 1.09 bits per heavy atom. The summed E-state index contributed by atoms with van der Waals surface area (Å²) in [4.78, 5) is 7.16. The van der Waals surface area contributed by atoms with Gasteiger partial charge in [0.25, 0.3) is 5.95 Å². The molecule has 0 N–H and O–H groups in total. The van der Waals surface area contributed by atoms with Gasteiger partial charge in [0.05, 0.1) is 0 Å². The number of halogens is 1. The minimum atomic E-state index is 0. The maximum Gasteiger partial charge on any atom is 0.291 e. The van der Waals surface area contributed by atoms with Crippen molar-refractivity contribution in [1.82, 2.24) is 10.1 Å². The molecule has 0 saturated carbocycles. The number of nitrogens with zero attached hydrogens (tertiary/aromatic N) is 4. The first-order valence-corrected chi connectivity index (χ1v) is 8.46. The normalized spacial score (nSPS) is 14.4. The summed E-state index contributed by atoms with van der Waals surface area (Å²) in [6.45, 7) is 5.32. The van der Waals surface area contributed by atoms with E-state index in [1.165, 1.54) is 25.7 Å². The van der Waals surface area contributed by atoms with E-state index in [0.717, 1.165) is 43.3 Å². The summed E-state index contributed by atoms with van der Waals surface area (Å²) in [5.41, 5.74) is 2.18. The molecule has 3 rings (SSSR count). The summed E-state index contributed by atoms with van der Waals surface area (Å²) in [5.74, 6) is 0.886. The molecule has 4 nitrogen and oxygen atoms in total. The van der Waals surface area contributed by atoms with Crippen LogP contribution in [0.1, 0.15) is 39.0 Å². The highest BCUT2D eigenvalue weighted by Gasteiger charge is 2.19. The molecule has 0 bridgehead atoms. The topological polar surface area (TPSA) is 32.9 Å². The van der Waals surface area contributed by atoms with Crippen LogP contribution < -0.4 is 33.6 Å². The summed E-state index contributed by atoms with van der Waals surface area (Å²) < 4.78 is 2.07. The van der Waals surface area contributed by atoms with Crippen molar-refractivity contribution in [2.75, 3.05) is 18.0 Å². The number of piperidine rings is 1. The quantitative estimate of drug-likeness (QED) is 0.509. The second-order valence-corrected chi connectivity index (χ2v) is 5.96. The summed E-state index contributed by atoms with van der Waals surface area (Å²) in [6, 6.07) is 10.4. The van der Waals surface area contributed by atoms with Crippen molar-refractivity contribution in [3.63, 3.8) is 0 Å². The van der Waals surface area contributed by atoms with Crippen molar-refractivity contribution in [2.45, 2.75) is 45.6 Å². The molecule has 0 spiro atoms. The van der Waals surface area contributed by atoms with Gasteiger partial charge in [0.2, 0.25) is 6.20 Å².